The zero-order valence-corrected chi connectivity index (χ0v) is 15.0. The molecule has 4 fully saturated rings. The summed E-state index contributed by atoms with van der Waals surface area (Å²) in [4.78, 5) is 21.7. The second-order valence-corrected chi connectivity index (χ2v) is 7.68. The van der Waals surface area contributed by atoms with Crippen LogP contribution in [-0.4, -0.2) is 65.2 Å². The van der Waals surface area contributed by atoms with Crippen molar-refractivity contribution in [2.75, 3.05) is 33.4 Å². The van der Waals surface area contributed by atoms with E-state index in [1.807, 2.05) is 4.90 Å². The first-order chi connectivity index (χ1) is 12.2. The molecule has 25 heavy (non-hydrogen) atoms. The first kappa shape index (κ1) is 17.0. The number of fused-ring (bicyclic) bond motifs is 4. The van der Waals surface area contributed by atoms with Crippen LogP contribution in [0.5, 0.6) is 0 Å². The molecule has 4 heterocycles. The van der Waals surface area contributed by atoms with Crippen LogP contribution in [0.1, 0.15) is 56.2 Å². The molecule has 0 spiro atoms. The summed E-state index contributed by atoms with van der Waals surface area (Å²) in [7, 11) is 1.69. The van der Waals surface area contributed by atoms with Crippen LogP contribution in [0, 0.1) is 5.92 Å². The van der Waals surface area contributed by atoms with Crippen LogP contribution >= 0.6 is 0 Å². The standard InChI is InChI=1S/C18H28N4O3/c1-24-9-8-22-15-7-6-14(18(22)23)10-21(11-15)12-16-19-17(25-20-16)13-4-2-3-5-13/h13-15H,2-12H2,1H3/t14-,15+/m0/s1. The van der Waals surface area contributed by atoms with Crippen LogP contribution in [0.25, 0.3) is 0 Å². The molecular formula is C18H28N4O3. The number of piperidine rings is 1. The number of rotatable bonds is 6. The Morgan fingerprint density at radius 2 is 2.00 bits per heavy atom. The molecule has 7 heteroatoms. The van der Waals surface area contributed by atoms with Crippen LogP contribution in [0.4, 0.5) is 0 Å². The van der Waals surface area contributed by atoms with E-state index in [2.05, 4.69) is 15.0 Å². The van der Waals surface area contributed by atoms with Crippen molar-refractivity contribution in [1.82, 2.24) is 19.9 Å². The molecule has 0 N–H and O–H groups in total. The van der Waals surface area contributed by atoms with Crippen LogP contribution in [0.15, 0.2) is 4.52 Å². The fourth-order valence-corrected chi connectivity index (χ4v) is 4.61. The van der Waals surface area contributed by atoms with E-state index in [1.54, 1.807) is 7.11 Å². The number of aromatic nitrogens is 2. The summed E-state index contributed by atoms with van der Waals surface area (Å²) in [5, 5.41) is 4.20. The van der Waals surface area contributed by atoms with Gasteiger partial charge < -0.3 is 14.2 Å². The molecule has 7 nitrogen and oxygen atoms in total. The highest BCUT2D eigenvalue weighted by Gasteiger charge is 2.40. The van der Waals surface area contributed by atoms with Crippen molar-refractivity contribution in [1.29, 1.82) is 0 Å². The van der Waals surface area contributed by atoms with Crippen LogP contribution in [0.2, 0.25) is 0 Å². The van der Waals surface area contributed by atoms with Crippen molar-refractivity contribution >= 4 is 5.91 Å². The van der Waals surface area contributed by atoms with Gasteiger partial charge in [-0.3, -0.25) is 9.69 Å². The lowest BCUT2D eigenvalue weighted by molar-refractivity contribution is -0.140. The van der Waals surface area contributed by atoms with Gasteiger partial charge in [-0.15, -0.1) is 0 Å². The zero-order chi connectivity index (χ0) is 17.2. The Balaban J connectivity index is 1.41. The van der Waals surface area contributed by atoms with Crippen LogP contribution in [-0.2, 0) is 16.1 Å². The number of carbonyl (C=O) groups excluding carboxylic acids is 1. The van der Waals surface area contributed by atoms with Gasteiger partial charge in [-0.1, -0.05) is 18.0 Å². The molecule has 1 amide bonds. The van der Waals surface area contributed by atoms with Crippen LogP contribution < -0.4 is 0 Å². The third-order valence-corrected chi connectivity index (χ3v) is 5.96. The number of methoxy groups -OCH3 is 1. The Labute approximate surface area is 148 Å². The van der Waals surface area contributed by atoms with Gasteiger partial charge in [-0.2, -0.15) is 4.98 Å². The van der Waals surface area contributed by atoms with Gasteiger partial charge in [0.25, 0.3) is 0 Å². The number of ether oxygens (including phenoxy) is 1. The van der Waals surface area contributed by atoms with E-state index < -0.39 is 0 Å². The number of carbonyl (C=O) groups is 1. The molecule has 0 radical (unpaired) electrons. The third kappa shape index (κ3) is 3.58. The Bertz CT molecular complexity index is 599. The normalized spacial score (nSPS) is 28.0. The number of hydrogen-bond donors (Lipinski definition) is 0. The van der Waals surface area contributed by atoms with E-state index in [4.69, 9.17) is 9.26 Å². The number of hydrogen-bond acceptors (Lipinski definition) is 6. The molecule has 138 valence electrons. The van der Waals surface area contributed by atoms with Crippen LogP contribution in [0.3, 0.4) is 0 Å². The third-order valence-electron chi connectivity index (χ3n) is 5.96. The lowest BCUT2D eigenvalue weighted by atomic mass is 9.94. The number of nitrogens with zero attached hydrogens (tertiary/aromatic N) is 4. The average Bonchev–Trinajstić information content (AvgIpc) is 3.22. The van der Waals surface area contributed by atoms with Gasteiger partial charge in [0.15, 0.2) is 5.82 Å². The zero-order valence-electron chi connectivity index (χ0n) is 15.0. The van der Waals surface area contributed by atoms with E-state index in [0.29, 0.717) is 25.6 Å². The van der Waals surface area contributed by atoms with E-state index in [1.165, 1.54) is 25.7 Å². The molecular weight excluding hydrogens is 320 g/mol. The molecule has 5 rings (SSSR count). The molecule has 3 saturated heterocycles. The molecule has 0 unspecified atom stereocenters. The van der Waals surface area contributed by atoms with Gasteiger partial charge in [-0.05, 0) is 25.7 Å². The van der Waals surface area contributed by atoms with Crippen molar-refractivity contribution < 1.29 is 14.1 Å². The maximum absolute atomic E-state index is 12.7. The summed E-state index contributed by atoms with van der Waals surface area (Å²) in [5.74, 6) is 2.40. The lowest BCUT2D eigenvalue weighted by Crippen LogP contribution is -2.49. The Morgan fingerprint density at radius 3 is 2.80 bits per heavy atom. The summed E-state index contributed by atoms with van der Waals surface area (Å²) in [6.07, 6.45) is 6.92. The highest BCUT2D eigenvalue weighted by molar-refractivity contribution is 5.80. The first-order valence-corrected chi connectivity index (χ1v) is 9.59. The molecule has 1 aromatic heterocycles. The smallest absolute Gasteiger partial charge is 0.229 e. The minimum atomic E-state index is 0.0943. The summed E-state index contributed by atoms with van der Waals surface area (Å²) in [6, 6.07) is 0.280. The van der Waals surface area contributed by atoms with E-state index in [-0.39, 0.29) is 17.9 Å². The Hall–Kier alpha value is -1.47. The van der Waals surface area contributed by atoms with Gasteiger partial charge in [0, 0.05) is 38.7 Å². The fourth-order valence-electron chi connectivity index (χ4n) is 4.61. The summed E-state index contributed by atoms with van der Waals surface area (Å²) in [6.45, 7) is 3.66. The fraction of sp³-hybridized carbons (Fsp3) is 0.833. The molecule has 3 aliphatic heterocycles. The topological polar surface area (TPSA) is 71.7 Å². The largest absolute Gasteiger partial charge is 0.383 e. The summed E-state index contributed by atoms with van der Waals surface area (Å²) in [5.41, 5.74) is 0. The van der Waals surface area contributed by atoms with Crippen molar-refractivity contribution in [3.05, 3.63) is 11.7 Å². The monoisotopic (exact) mass is 348 g/mol. The number of amides is 1. The highest BCUT2D eigenvalue weighted by atomic mass is 16.5. The quantitative estimate of drug-likeness (QED) is 0.781. The minimum absolute atomic E-state index is 0.0943. The van der Waals surface area contributed by atoms with Gasteiger partial charge in [0.05, 0.1) is 19.1 Å². The molecule has 1 aliphatic carbocycles. The molecule has 2 bridgehead atoms. The van der Waals surface area contributed by atoms with E-state index in [9.17, 15) is 4.79 Å². The first-order valence-electron chi connectivity index (χ1n) is 9.59. The van der Waals surface area contributed by atoms with Gasteiger partial charge in [0.1, 0.15) is 0 Å². The summed E-state index contributed by atoms with van der Waals surface area (Å²) < 4.78 is 10.7. The lowest BCUT2D eigenvalue weighted by Gasteiger charge is -2.35. The average molecular weight is 348 g/mol. The Kier molecular flexibility index (Phi) is 5.03. The molecule has 2 atom stereocenters. The van der Waals surface area contributed by atoms with Crippen molar-refractivity contribution in [3.8, 4) is 0 Å². The van der Waals surface area contributed by atoms with Crippen molar-refractivity contribution in [2.45, 2.75) is 57.0 Å². The summed E-state index contributed by atoms with van der Waals surface area (Å²) >= 11 is 0. The molecule has 4 aliphatic rings. The molecule has 0 aromatic carbocycles. The minimum Gasteiger partial charge on any atom is -0.383 e. The maximum atomic E-state index is 12.7. The Morgan fingerprint density at radius 1 is 1.16 bits per heavy atom. The van der Waals surface area contributed by atoms with Gasteiger partial charge >= 0.3 is 0 Å². The predicted molar refractivity (Wildman–Crippen MR) is 90.9 cm³/mol. The van der Waals surface area contributed by atoms with Gasteiger partial charge in [-0.25, -0.2) is 0 Å². The van der Waals surface area contributed by atoms with E-state index in [0.717, 1.165) is 37.6 Å². The maximum Gasteiger partial charge on any atom is 0.229 e. The van der Waals surface area contributed by atoms with Gasteiger partial charge in [0.2, 0.25) is 11.8 Å². The second-order valence-electron chi connectivity index (χ2n) is 7.68. The molecule has 1 aromatic rings. The van der Waals surface area contributed by atoms with E-state index >= 15 is 0 Å². The predicted octanol–water partition coefficient (Wildman–Crippen LogP) is 1.80. The second kappa shape index (κ2) is 7.41. The van der Waals surface area contributed by atoms with Crippen molar-refractivity contribution in [3.63, 3.8) is 0 Å². The highest BCUT2D eigenvalue weighted by Crippen LogP contribution is 2.33. The SMILES string of the molecule is COCCN1C(=O)[C@H]2CC[C@@H]1CN(Cc1noc(C3CCCC3)n1)C2. The van der Waals surface area contributed by atoms with Crippen molar-refractivity contribution in [2.24, 2.45) is 5.92 Å². The molecule has 1 saturated carbocycles.